The third-order valence-corrected chi connectivity index (χ3v) is 5.31. The fraction of sp³-hybridized carbons (Fsp3) is 0.933. The van der Waals surface area contributed by atoms with Crippen molar-refractivity contribution in [2.24, 2.45) is 11.8 Å². The van der Waals surface area contributed by atoms with Crippen LogP contribution >= 0.6 is 0 Å². The topological polar surface area (TPSA) is 69.7 Å². The van der Waals surface area contributed by atoms with Crippen LogP contribution in [0.4, 0.5) is 0 Å². The van der Waals surface area contributed by atoms with E-state index < -0.39 is 10.0 Å². The Morgan fingerprint density at radius 1 is 1.14 bits per heavy atom. The molecule has 0 bridgehead atoms. The Morgan fingerprint density at radius 2 is 1.68 bits per heavy atom. The minimum Gasteiger partial charge on any atom is -0.341 e. The lowest BCUT2D eigenvalue weighted by Gasteiger charge is -2.37. The monoisotopic (exact) mass is 331 g/mol. The number of amides is 1. The van der Waals surface area contributed by atoms with Crippen molar-refractivity contribution in [3.63, 3.8) is 0 Å². The number of sulfonamides is 1. The summed E-state index contributed by atoms with van der Waals surface area (Å²) in [4.78, 5) is 16.6. The summed E-state index contributed by atoms with van der Waals surface area (Å²) >= 11 is 0. The predicted molar refractivity (Wildman–Crippen MR) is 87.0 cm³/mol. The number of likely N-dealkylation sites (tertiary alicyclic amines) is 2. The molecule has 0 saturated carbocycles. The van der Waals surface area contributed by atoms with Crippen molar-refractivity contribution in [3.05, 3.63) is 0 Å². The molecule has 2 saturated heterocycles. The molecule has 0 aromatic rings. The highest BCUT2D eigenvalue weighted by molar-refractivity contribution is 7.88. The summed E-state index contributed by atoms with van der Waals surface area (Å²) in [5.41, 5.74) is 0. The summed E-state index contributed by atoms with van der Waals surface area (Å²) in [5, 5.41) is 0. The summed E-state index contributed by atoms with van der Waals surface area (Å²) < 4.78 is 25.1. The van der Waals surface area contributed by atoms with E-state index in [0.29, 0.717) is 18.4 Å². The first-order valence-electron chi connectivity index (χ1n) is 8.20. The maximum absolute atomic E-state index is 12.4. The Hall–Kier alpha value is -0.660. The Balaban J connectivity index is 1.77. The molecular formula is C15H29N3O3S. The van der Waals surface area contributed by atoms with E-state index in [1.165, 1.54) is 12.7 Å². The molecule has 0 spiro atoms. The van der Waals surface area contributed by atoms with Gasteiger partial charge in [0.2, 0.25) is 15.9 Å². The van der Waals surface area contributed by atoms with E-state index in [-0.39, 0.29) is 11.9 Å². The summed E-state index contributed by atoms with van der Waals surface area (Å²) in [6, 6.07) is 0.0105. The van der Waals surface area contributed by atoms with Crippen molar-refractivity contribution in [1.29, 1.82) is 0 Å². The lowest BCUT2D eigenvalue weighted by atomic mass is 9.92. The van der Waals surface area contributed by atoms with Crippen LogP contribution in [0.1, 0.15) is 33.1 Å². The zero-order valence-electron chi connectivity index (χ0n) is 13.9. The molecular weight excluding hydrogens is 302 g/mol. The Labute approximate surface area is 134 Å². The molecule has 0 radical (unpaired) electrons. The zero-order chi connectivity index (χ0) is 16.3. The van der Waals surface area contributed by atoms with Gasteiger partial charge in [-0.2, -0.15) is 0 Å². The standard InChI is InChI=1S/C15H29N3O3S/c1-12-8-13(2)10-18(9-12)15(19)11-17-6-4-14(5-7-17)16-22(3,20)21/h12-14,16H,4-11H2,1-3H3. The fourth-order valence-corrected chi connectivity index (χ4v) is 4.51. The number of carbonyl (C=O) groups is 1. The van der Waals surface area contributed by atoms with Gasteiger partial charge in [0.15, 0.2) is 0 Å². The van der Waals surface area contributed by atoms with Crippen LogP contribution in [0.3, 0.4) is 0 Å². The van der Waals surface area contributed by atoms with Gasteiger partial charge in [0.05, 0.1) is 12.8 Å². The molecule has 2 unspecified atom stereocenters. The smallest absolute Gasteiger partial charge is 0.236 e. The minimum atomic E-state index is -3.14. The first-order chi connectivity index (χ1) is 10.2. The van der Waals surface area contributed by atoms with Crippen LogP contribution in [0.5, 0.6) is 0 Å². The van der Waals surface area contributed by atoms with Crippen molar-refractivity contribution in [1.82, 2.24) is 14.5 Å². The van der Waals surface area contributed by atoms with E-state index in [9.17, 15) is 13.2 Å². The van der Waals surface area contributed by atoms with Gasteiger partial charge in [-0.15, -0.1) is 0 Å². The van der Waals surface area contributed by atoms with Gasteiger partial charge >= 0.3 is 0 Å². The third-order valence-electron chi connectivity index (χ3n) is 4.55. The molecule has 2 aliphatic rings. The summed E-state index contributed by atoms with van der Waals surface area (Å²) in [7, 11) is -3.14. The third kappa shape index (κ3) is 5.52. The Kier molecular flexibility index (Phi) is 5.85. The number of carbonyl (C=O) groups excluding carboxylic acids is 1. The quantitative estimate of drug-likeness (QED) is 0.815. The van der Waals surface area contributed by atoms with Gasteiger partial charge in [-0.3, -0.25) is 9.69 Å². The second-order valence-electron chi connectivity index (χ2n) is 7.19. The van der Waals surface area contributed by atoms with Crippen LogP contribution in [-0.2, 0) is 14.8 Å². The molecule has 6 nitrogen and oxygen atoms in total. The number of nitrogens with zero attached hydrogens (tertiary/aromatic N) is 2. The van der Waals surface area contributed by atoms with E-state index >= 15 is 0 Å². The maximum Gasteiger partial charge on any atom is 0.236 e. The predicted octanol–water partition coefficient (Wildman–Crippen LogP) is 0.505. The number of hydrogen-bond donors (Lipinski definition) is 1. The van der Waals surface area contributed by atoms with Crippen molar-refractivity contribution in [2.75, 3.05) is 39.0 Å². The SMILES string of the molecule is CC1CC(C)CN(C(=O)CN2CCC(NS(C)(=O)=O)CC2)C1. The van der Waals surface area contributed by atoms with Gasteiger partial charge in [-0.25, -0.2) is 13.1 Å². The lowest BCUT2D eigenvalue weighted by Crippen LogP contribution is -2.50. The van der Waals surface area contributed by atoms with Crippen LogP contribution < -0.4 is 4.72 Å². The highest BCUT2D eigenvalue weighted by Crippen LogP contribution is 2.21. The molecule has 0 aromatic heterocycles. The number of nitrogens with one attached hydrogen (secondary N) is 1. The van der Waals surface area contributed by atoms with Gasteiger partial charge in [0.1, 0.15) is 0 Å². The fourth-order valence-electron chi connectivity index (χ4n) is 3.67. The average Bonchev–Trinajstić information content (AvgIpc) is 2.38. The zero-order valence-corrected chi connectivity index (χ0v) is 14.7. The molecule has 22 heavy (non-hydrogen) atoms. The van der Waals surface area contributed by atoms with E-state index in [2.05, 4.69) is 23.5 Å². The van der Waals surface area contributed by atoms with Crippen molar-refractivity contribution < 1.29 is 13.2 Å². The number of piperidine rings is 2. The molecule has 7 heteroatoms. The molecule has 2 aliphatic heterocycles. The maximum atomic E-state index is 12.4. The Morgan fingerprint density at radius 3 is 2.18 bits per heavy atom. The van der Waals surface area contributed by atoms with Crippen LogP contribution in [0.15, 0.2) is 0 Å². The Bertz CT molecular complexity index is 476. The summed E-state index contributed by atoms with van der Waals surface area (Å²) in [5.74, 6) is 1.38. The first-order valence-corrected chi connectivity index (χ1v) is 10.1. The second-order valence-corrected chi connectivity index (χ2v) is 8.97. The molecule has 0 aliphatic carbocycles. The minimum absolute atomic E-state index is 0.0105. The van der Waals surface area contributed by atoms with Gasteiger partial charge in [0.25, 0.3) is 0 Å². The van der Waals surface area contributed by atoms with E-state index in [0.717, 1.165) is 39.0 Å². The molecule has 1 N–H and O–H groups in total. The van der Waals surface area contributed by atoms with Crippen molar-refractivity contribution >= 4 is 15.9 Å². The summed E-state index contributed by atoms with van der Waals surface area (Å²) in [6.07, 6.45) is 3.94. The molecule has 0 aromatic carbocycles. The first kappa shape index (κ1) is 17.7. The van der Waals surface area contributed by atoms with Crippen LogP contribution in [0.25, 0.3) is 0 Å². The van der Waals surface area contributed by atoms with Gasteiger partial charge in [-0.1, -0.05) is 13.8 Å². The van der Waals surface area contributed by atoms with Crippen molar-refractivity contribution in [3.8, 4) is 0 Å². The molecule has 1 amide bonds. The summed E-state index contributed by atoms with van der Waals surface area (Å²) in [6.45, 7) is 8.17. The van der Waals surface area contributed by atoms with Crippen molar-refractivity contribution in [2.45, 2.75) is 39.2 Å². The van der Waals surface area contributed by atoms with E-state index in [4.69, 9.17) is 0 Å². The second kappa shape index (κ2) is 7.27. The molecule has 128 valence electrons. The normalized spacial score (nSPS) is 28.8. The van der Waals surface area contributed by atoms with Crippen LogP contribution in [0.2, 0.25) is 0 Å². The van der Waals surface area contributed by atoms with Crippen LogP contribution in [0, 0.1) is 11.8 Å². The highest BCUT2D eigenvalue weighted by Gasteiger charge is 2.28. The number of hydrogen-bond acceptors (Lipinski definition) is 4. The van der Waals surface area contributed by atoms with E-state index in [1.54, 1.807) is 0 Å². The van der Waals surface area contributed by atoms with Crippen LogP contribution in [-0.4, -0.2) is 69.1 Å². The number of rotatable bonds is 4. The molecule has 2 rings (SSSR count). The van der Waals surface area contributed by atoms with Gasteiger partial charge in [-0.05, 0) is 31.1 Å². The highest BCUT2D eigenvalue weighted by atomic mass is 32.2. The van der Waals surface area contributed by atoms with Gasteiger partial charge in [0, 0.05) is 32.2 Å². The molecule has 2 fully saturated rings. The molecule has 2 atom stereocenters. The largest absolute Gasteiger partial charge is 0.341 e. The molecule has 2 heterocycles. The lowest BCUT2D eigenvalue weighted by molar-refractivity contribution is -0.135. The van der Waals surface area contributed by atoms with E-state index in [1.807, 2.05) is 4.90 Å². The average molecular weight is 331 g/mol. The van der Waals surface area contributed by atoms with Gasteiger partial charge < -0.3 is 4.90 Å².